The number of hydrogen-bond donors (Lipinski definition) is 2. The minimum atomic E-state index is 0. The monoisotopic (exact) mass is 401 g/mol. The van der Waals surface area contributed by atoms with E-state index in [-0.39, 0.29) is 24.0 Å². The van der Waals surface area contributed by atoms with Gasteiger partial charge in [-0.15, -0.1) is 24.0 Å². The fourth-order valence-electron chi connectivity index (χ4n) is 1.79. The van der Waals surface area contributed by atoms with Gasteiger partial charge in [-0.1, -0.05) is 18.2 Å². The molecule has 0 saturated heterocycles. The highest BCUT2D eigenvalue weighted by molar-refractivity contribution is 14.0. The Morgan fingerprint density at radius 1 is 1.38 bits per heavy atom. The van der Waals surface area contributed by atoms with E-state index in [1.54, 1.807) is 13.3 Å². The molecule has 0 radical (unpaired) electrons. The number of hydrogen-bond acceptors (Lipinski definition) is 3. The number of aromatic nitrogens is 2. The van der Waals surface area contributed by atoms with E-state index < -0.39 is 0 Å². The lowest BCUT2D eigenvalue weighted by molar-refractivity contribution is 0.204. The van der Waals surface area contributed by atoms with Crippen molar-refractivity contribution < 1.29 is 4.74 Å². The van der Waals surface area contributed by atoms with Gasteiger partial charge < -0.3 is 15.8 Å². The third-order valence-electron chi connectivity index (χ3n) is 2.77. The van der Waals surface area contributed by atoms with E-state index in [1.807, 2.05) is 41.2 Å². The van der Waals surface area contributed by atoms with E-state index in [4.69, 9.17) is 10.5 Å². The number of nitrogens with zero attached hydrogens (tertiary/aromatic N) is 3. The first-order valence-corrected chi connectivity index (χ1v) is 6.42. The molecule has 1 aromatic carbocycles. The van der Waals surface area contributed by atoms with Crippen LogP contribution in [0.5, 0.6) is 0 Å². The number of ether oxygens (including phenoxy) is 1. The second-order valence-corrected chi connectivity index (χ2v) is 4.20. The zero-order chi connectivity index (χ0) is 14.2. The smallest absolute Gasteiger partial charge is 0.188 e. The van der Waals surface area contributed by atoms with Crippen LogP contribution in [0.15, 0.2) is 47.7 Å². The summed E-state index contributed by atoms with van der Waals surface area (Å²) in [4.78, 5) is 4.32. The molecular formula is C14H20IN5O. The molecule has 0 aliphatic carbocycles. The van der Waals surface area contributed by atoms with Gasteiger partial charge in [0.1, 0.15) is 0 Å². The van der Waals surface area contributed by atoms with Gasteiger partial charge in [-0.25, -0.2) is 9.67 Å². The van der Waals surface area contributed by atoms with Crippen molar-refractivity contribution in [3.8, 4) is 5.69 Å². The largest absolute Gasteiger partial charge is 0.383 e. The predicted molar refractivity (Wildman–Crippen MR) is 94.2 cm³/mol. The maximum Gasteiger partial charge on any atom is 0.188 e. The van der Waals surface area contributed by atoms with Crippen LogP contribution in [-0.4, -0.2) is 36.0 Å². The Kier molecular flexibility index (Phi) is 7.76. The first-order chi connectivity index (χ1) is 9.81. The van der Waals surface area contributed by atoms with Crippen LogP contribution in [0, 0.1) is 0 Å². The number of nitrogens with two attached hydrogens (primary N) is 1. The molecule has 7 heteroatoms. The van der Waals surface area contributed by atoms with Crippen LogP contribution in [-0.2, 0) is 11.3 Å². The Labute approximate surface area is 141 Å². The van der Waals surface area contributed by atoms with Crippen LogP contribution in [0.4, 0.5) is 0 Å². The SMILES string of the molecule is COCCNC(N)=NCc1ccccc1-n1cccn1.I. The standard InChI is InChI=1S/C14H19N5O.HI/c1-20-10-8-16-14(15)17-11-12-5-2-3-6-13(12)19-9-4-7-18-19;/h2-7,9H,8,10-11H2,1H3,(H3,15,16,17);1H. The average Bonchev–Trinajstić information content (AvgIpc) is 3.00. The summed E-state index contributed by atoms with van der Waals surface area (Å²) in [6.07, 6.45) is 3.66. The summed E-state index contributed by atoms with van der Waals surface area (Å²) in [6, 6.07) is 9.87. The van der Waals surface area contributed by atoms with Gasteiger partial charge in [-0.2, -0.15) is 5.10 Å². The number of aliphatic imine (C=N–C) groups is 1. The van der Waals surface area contributed by atoms with Gasteiger partial charge in [0.15, 0.2) is 5.96 Å². The topological polar surface area (TPSA) is 77.5 Å². The lowest BCUT2D eigenvalue weighted by Gasteiger charge is -2.08. The molecule has 0 aliphatic heterocycles. The van der Waals surface area contributed by atoms with Gasteiger partial charge in [-0.05, 0) is 17.7 Å². The Bertz CT molecular complexity index is 556. The van der Waals surface area contributed by atoms with E-state index in [9.17, 15) is 0 Å². The molecule has 0 atom stereocenters. The molecule has 0 aliphatic rings. The molecule has 0 saturated carbocycles. The summed E-state index contributed by atoms with van der Waals surface area (Å²) < 4.78 is 6.76. The number of rotatable bonds is 6. The second-order valence-electron chi connectivity index (χ2n) is 4.20. The molecule has 0 amide bonds. The van der Waals surface area contributed by atoms with Crippen LogP contribution in [0.25, 0.3) is 5.69 Å². The van der Waals surface area contributed by atoms with E-state index >= 15 is 0 Å². The minimum Gasteiger partial charge on any atom is -0.383 e. The number of para-hydroxylation sites is 1. The highest BCUT2D eigenvalue weighted by Gasteiger charge is 2.03. The molecule has 1 aromatic heterocycles. The number of nitrogens with one attached hydrogen (secondary N) is 1. The van der Waals surface area contributed by atoms with Crippen LogP contribution >= 0.6 is 24.0 Å². The van der Waals surface area contributed by atoms with Crippen LogP contribution < -0.4 is 11.1 Å². The molecule has 114 valence electrons. The van der Waals surface area contributed by atoms with Crippen LogP contribution in [0.1, 0.15) is 5.56 Å². The lowest BCUT2D eigenvalue weighted by Crippen LogP contribution is -2.34. The Morgan fingerprint density at radius 3 is 2.90 bits per heavy atom. The van der Waals surface area contributed by atoms with Gasteiger partial charge >= 0.3 is 0 Å². The normalized spacial score (nSPS) is 11.0. The van der Waals surface area contributed by atoms with Gasteiger partial charge in [-0.3, -0.25) is 0 Å². The van der Waals surface area contributed by atoms with Crippen LogP contribution in [0.2, 0.25) is 0 Å². The molecule has 3 N–H and O–H groups in total. The van der Waals surface area contributed by atoms with Gasteiger partial charge in [0, 0.05) is 26.0 Å². The third kappa shape index (κ3) is 5.35. The van der Waals surface area contributed by atoms with E-state index in [0.29, 0.717) is 25.7 Å². The van der Waals surface area contributed by atoms with Crippen LogP contribution in [0.3, 0.4) is 0 Å². The zero-order valence-electron chi connectivity index (χ0n) is 11.9. The summed E-state index contributed by atoms with van der Waals surface area (Å²) in [7, 11) is 1.65. The molecule has 0 fully saturated rings. The molecule has 1 heterocycles. The van der Waals surface area contributed by atoms with E-state index in [1.165, 1.54) is 0 Å². The number of guanidine groups is 1. The molecule has 2 aromatic rings. The van der Waals surface area contributed by atoms with E-state index in [0.717, 1.165) is 11.3 Å². The Balaban J connectivity index is 0.00000220. The first-order valence-electron chi connectivity index (χ1n) is 6.42. The zero-order valence-corrected chi connectivity index (χ0v) is 14.2. The van der Waals surface area contributed by atoms with Gasteiger partial charge in [0.25, 0.3) is 0 Å². The predicted octanol–water partition coefficient (Wildman–Crippen LogP) is 1.54. The maximum atomic E-state index is 5.79. The molecular weight excluding hydrogens is 381 g/mol. The maximum absolute atomic E-state index is 5.79. The summed E-state index contributed by atoms with van der Waals surface area (Å²) in [6.45, 7) is 1.74. The highest BCUT2D eigenvalue weighted by Crippen LogP contribution is 2.14. The van der Waals surface area contributed by atoms with Gasteiger partial charge in [0.05, 0.1) is 18.8 Å². The van der Waals surface area contributed by atoms with E-state index in [2.05, 4.69) is 15.4 Å². The average molecular weight is 401 g/mol. The summed E-state index contributed by atoms with van der Waals surface area (Å²) in [5, 5.41) is 7.23. The van der Waals surface area contributed by atoms with Crippen molar-refractivity contribution >= 4 is 29.9 Å². The summed E-state index contributed by atoms with van der Waals surface area (Å²) >= 11 is 0. The summed E-state index contributed by atoms with van der Waals surface area (Å²) in [5.74, 6) is 0.414. The van der Waals surface area contributed by atoms with Crippen molar-refractivity contribution in [2.75, 3.05) is 20.3 Å². The highest BCUT2D eigenvalue weighted by atomic mass is 127. The Hall–Kier alpha value is -1.61. The second kappa shape index (κ2) is 9.35. The summed E-state index contributed by atoms with van der Waals surface area (Å²) in [5.41, 5.74) is 7.86. The fourth-order valence-corrected chi connectivity index (χ4v) is 1.79. The molecule has 6 nitrogen and oxygen atoms in total. The molecule has 2 rings (SSSR count). The van der Waals surface area contributed by atoms with Crippen molar-refractivity contribution in [2.45, 2.75) is 6.54 Å². The molecule has 0 unspecified atom stereocenters. The molecule has 0 spiro atoms. The lowest BCUT2D eigenvalue weighted by atomic mass is 10.2. The first kappa shape index (κ1) is 17.4. The quantitative estimate of drug-likeness (QED) is 0.333. The van der Waals surface area contributed by atoms with Crippen molar-refractivity contribution in [2.24, 2.45) is 10.7 Å². The molecule has 21 heavy (non-hydrogen) atoms. The number of methoxy groups -OCH3 is 1. The number of benzene rings is 1. The van der Waals surface area contributed by atoms with Gasteiger partial charge in [0.2, 0.25) is 0 Å². The Morgan fingerprint density at radius 2 is 2.19 bits per heavy atom. The van der Waals surface area contributed by atoms with Crippen molar-refractivity contribution in [1.29, 1.82) is 0 Å². The fraction of sp³-hybridized carbons (Fsp3) is 0.286. The van der Waals surface area contributed by atoms with Crippen molar-refractivity contribution in [3.05, 3.63) is 48.3 Å². The molecule has 0 bridgehead atoms. The third-order valence-corrected chi connectivity index (χ3v) is 2.77. The minimum absolute atomic E-state index is 0. The van der Waals surface area contributed by atoms with Crippen molar-refractivity contribution in [1.82, 2.24) is 15.1 Å². The van der Waals surface area contributed by atoms with Crippen molar-refractivity contribution in [3.63, 3.8) is 0 Å². The number of halogens is 1.